The zero-order chi connectivity index (χ0) is 18.9. The van der Waals surface area contributed by atoms with Crippen molar-refractivity contribution in [2.75, 3.05) is 0 Å². The number of nitrogens with zero attached hydrogens (tertiary/aromatic N) is 3. The zero-order valence-corrected chi connectivity index (χ0v) is 14.9. The molecule has 2 aromatic heterocycles. The molecule has 5 aromatic rings. The highest BCUT2D eigenvalue weighted by Crippen LogP contribution is 2.37. The maximum atomic E-state index is 10.2. The van der Waals surface area contributed by atoms with Gasteiger partial charge in [-0.3, -0.25) is 0 Å². The fourth-order valence-electron chi connectivity index (χ4n) is 3.38. The number of aromatic amines is 1. The predicted octanol–water partition coefficient (Wildman–Crippen LogP) is 6.50. The van der Waals surface area contributed by atoms with Crippen molar-refractivity contribution in [3.8, 4) is 17.0 Å². The average molecular weight is 364 g/mol. The Morgan fingerprint density at radius 1 is 0.750 bits per heavy atom. The lowest BCUT2D eigenvalue weighted by atomic mass is 10.0. The fourth-order valence-corrected chi connectivity index (χ4v) is 3.38. The van der Waals surface area contributed by atoms with Gasteiger partial charge in [-0.05, 0) is 29.3 Å². The van der Waals surface area contributed by atoms with E-state index in [0.29, 0.717) is 11.5 Å². The molecule has 0 aliphatic rings. The molecule has 5 heteroatoms. The topological polar surface area (TPSA) is 73.6 Å². The van der Waals surface area contributed by atoms with Gasteiger partial charge in [-0.15, -0.1) is 10.2 Å². The summed E-state index contributed by atoms with van der Waals surface area (Å²) in [6.07, 6.45) is 0. The maximum absolute atomic E-state index is 10.2. The summed E-state index contributed by atoms with van der Waals surface area (Å²) in [5.74, 6) is 0.483. The van der Waals surface area contributed by atoms with E-state index in [0.717, 1.165) is 32.9 Å². The van der Waals surface area contributed by atoms with Crippen LogP contribution in [0.1, 0.15) is 0 Å². The monoisotopic (exact) mass is 364 g/mol. The van der Waals surface area contributed by atoms with Crippen LogP contribution >= 0.6 is 0 Å². The first kappa shape index (κ1) is 16.2. The molecule has 0 fully saturated rings. The van der Waals surface area contributed by atoms with E-state index in [1.54, 1.807) is 0 Å². The number of nitrogens with one attached hydrogen (secondary N) is 1. The van der Waals surface area contributed by atoms with E-state index in [9.17, 15) is 5.11 Å². The smallest absolute Gasteiger partial charge is 0.218 e. The van der Waals surface area contributed by atoms with Crippen molar-refractivity contribution in [3.05, 3.63) is 84.9 Å². The largest absolute Gasteiger partial charge is 0.493 e. The first-order valence-electron chi connectivity index (χ1n) is 8.96. The summed E-state index contributed by atoms with van der Waals surface area (Å²) < 4.78 is 0. The summed E-state index contributed by atoms with van der Waals surface area (Å²) in [7, 11) is 0. The minimum Gasteiger partial charge on any atom is -0.493 e. The molecule has 0 spiro atoms. The molecule has 0 aliphatic heterocycles. The SMILES string of the molecule is Oc1[nH]c2ccccc2c1N=Nc1cc(-c2ccccc2)c2ccccc2n1. The second-order valence-corrected chi connectivity index (χ2v) is 6.48. The van der Waals surface area contributed by atoms with Crippen LogP contribution in [0.25, 0.3) is 32.9 Å². The van der Waals surface area contributed by atoms with Gasteiger partial charge in [0.05, 0.1) is 11.0 Å². The highest BCUT2D eigenvalue weighted by Gasteiger charge is 2.11. The minimum absolute atomic E-state index is 0.00554. The van der Waals surface area contributed by atoms with Crippen LogP contribution in [-0.2, 0) is 0 Å². The number of H-pyrrole nitrogens is 1. The molecule has 0 saturated heterocycles. The summed E-state index contributed by atoms with van der Waals surface area (Å²) in [5.41, 5.74) is 4.20. The van der Waals surface area contributed by atoms with Crippen molar-refractivity contribution in [2.24, 2.45) is 10.2 Å². The Morgan fingerprint density at radius 3 is 2.32 bits per heavy atom. The lowest BCUT2D eigenvalue weighted by molar-refractivity contribution is 0.459. The maximum Gasteiger partial charge on any atom is 0.218 e. The molecule has 0 bridgehead atoms. The molecule has 28 heavy (non-hydrogen) atoms. The van der Waals surface area contributed by atoms with Gasteiger partial charge in [0, 0.05) is 10.8 Å². The average Bonchev–Trinajstić information content (AvgIpc) is 3.07. The molecular weight excluding hydrogens is 348 g/mol. The van der Waals surface area contributed by atoms with Gasteiger partial charge < -0.3 is 10.1 Å². The molecule has 2 N–H and O–H groups in total. The summed E-state index contributed by atoms with van der Waals surface area (Å²) in [5, 5.41) is 20.7. The molecule has 0 saturated carbocycles. The van der Waals surface area contributed by atoms with Crippen molar-refractivity contribution in [1.29, 1.82) is 0 Å². The summed E-state index contributed by atoms with van der Waals surface area (Å²) in [4.78, 5) is 7.53. The van der Waals surface area contributed by atoms with E-state index in [4.69, 9.17) is 0 Å². The number of hydrogen-bond acceptors (Lipinski definition) is 4. The number of fused-ring (bicyclic) bond motifs is 2. The quantitative estimate of drug-likeness (QED) is 0.358. The van der Waals surface area contributed by atoms with E-state index in [-0.39, 0.29) is 5.88 Å². The highest BCUT2D eigenvalue weighted by molar-refractivity contribution is 5.96. The van der Waals surface area contributed by atoms with Crippen molar-refractivity contribution < 1.29 is 5.11 Å². The van der Waals surface area contributed by atoms with E-state index in [1.807, 2.05) is 66.7 Å². The lowest BCUT2D eigenvalue weighted by Crippen LogP contribution is -1.85. The van der Waals surface area contributed by atoms with Crippen LogP contribution < -0.4 is 0 Å². The van der Waals surface area contributed by atoms with Gasteiger partial charge in [0.1, 0.15) is 0 Å². The van der Waals surface area contributed by atoms with Gasteiger partial charge in [0.25, 0.3) is 0 Å². The standard InChI is InChI=1S/C23H16N4O/c28-23-22(17-11-5-7-13-20(17)25-23)27-26-21-14-18(15-8-2-1-3-9-15)16-10-4-6-12-19(16)24-21/h1-14,25,28H. The van der Waals surface area contributed by atoms with Crippen LogP contribution in [0.2, 0.25) is 0 Å². The lowest BCUT2D eigenvalue weighted by Gasteiger charge is -2.07. The number of hydrogen-bond donors (Lipinski definition) is 2. The Labute approximate surface area is 161 Å². The minimum atomic E-state index is -0.00554. The number of rotatable bonds is 3. The van der Waals surface area contributed by atoms with Crippen LogP contribution in [0.5, 0.6) is 5.88 Å². The van der Waals surface area contributed by atoms with Crippen LogP contribution in [-0.4, -0.2) is 15.1 Å². The van der Waals surface area contributed by atoms with Gasteiger partial charge in [0.2, 0.25) is 5.88 Å². The Morgan fingerprint density at radius 2 is 1.46 bits per heavy atom. The van der Waals surface area contributed by atoms with Crippen molar-refractivity contribution >= 4 is 33.3 Å². The fraction of sp³-hybridized carbons (Fsp3) is 0. The van der Waals surface area contributed by atoms with E-state index in [2.05, 4.69) is 38.4 Å². The van der Waals surface area contributed by atoms with E-state index >= 15 is 0 Å². The second-order valence-electron chi connectivity index (χ2n) is 6.48. The Hall–Kier alpha value is -3.99. The Bertz CT molecular complexity index is 1320. The van der Waals surface area contributed by atoms with Gasteiger partial charge >= 0.3 is 0 Å². The summed E-state index contributed by atoms with van der Waals surface area (Å²) >= 11 is 0. The van der Waals surface area contributed by atoms with Crippen LogP contribution in [0, 0.1) is 0 Å². The number of aromatic hydroxyl groups is 1. The third kappa shape index (κ3) is 2.79. The number of para-hydroxylation sites is 2. The second kappa shape index (κ2) is 6.63. The zero-order valence-electron chi connectivity index (χ0n) is 14.9. The normalized spacial score (nSPS) is 11.6. The highest BCUT2D eigenvalue weighted by atomic mass is 16.3. The van der Waals surface area contributed by atoms with Gasteiger partial charge in [-0.2, -0.15) is 0 Å². The molecule has 5 nitrogen and oxygen atoms in total. The first-order chi connectivity index (χ1) is 13.8. The number of azo groups is 1. The van der Waals surface area contributed by atoms with Crippen LogP contribution in [0.15, 0.2) is 95.2 Å². The number of benzene rings is 3. The van der Waals surface area contributed by atoms with Crippen LogP contribution in [0.4, 0.5) is 11.5 Å². The summed E-state index contributed by atoms with van der Waals surface area (Å²) in [6, 6.07) is 27.6. The molecule has 0 radical (unpaired) electrons. The van der Waals surface area contributed by atoms with Crippen molar-refractivity contribution in [1.82, 2.24) is 9.97 Å². The van der Waals surface area contributed by atoms with Crippen LogP contribution in [0.3, 0.4) is 0 Å². The third-order valence-corrected chi connectivity index (χ3v) is 4.70. The Balaban J connectivity index is 1.65. The third-order valence-electron chi connectivity index (χ3n) is 4.70. The predicted molar refractivity (Wildman–Crippen MR) is 111 cm³/mol. The first-order valence-corrected chi connectivity index (χ1v) is 8.96. The number of pyridine rings is 1. The summed E-state index contributed by atoms with van der Waals surface area (Å²) in [6.45, 7) is 0. The number of aromatic nitrogens is 2. The van der Waals surface area contributed by atoms with E-state index in [1.165, 1.54) is 0 Å². The molecule has 5 rings (SSSR count). The molecule has 134 valence electrons. The molecule has 0 aliphatic carbocycles. The molecule has 0 amide bonds. The molecule has 0 atom stereocenters. The van der Waals surface area contributed by atoms with Gasteiger partial charge in [0.15, 0.2) is 11.5 Å². The van der Waals surface area contributed by atoms with Crippen molar-refractivity contribution in [2.45, 2.75) is 0 Å². The van der Waals surface area contributed by atoms with Gasteiger partial charge in [-0.1, -0.05) is 66.7 Å². The molecule has 0 unspecified atom stereocenters. The van der Waals surface area contributed by atoms with E-state index < -0.39 is 0 Å². The Kier molecular flexibility index (Phi) is 3.84. The van der Waals surface area contributed by atoms with Gasteiger partial charge in [-0.25, -0.2) is 4.98 Å². The molecular formula is C23H16N4O. The molecule has 3 aromatic carbocycles. The molecule has 2 heterocycles. The van der Waals surface area contributed by atoms with Crippen molar-refractivity contribution in [3.63, 3.8) is 0 Å².